The number of halogens is 2. The number of carbonyl (C=O) groups is 1. The molecule has 140 valence electrons. The highest BCUT2D eigenvalue weighted by Gasteiger charge is 2.49. The van der Waals surface area contributed by atoms with E-state index in [2.05, 4.69) is 10.1 Å². The Bertz CT molecular complexity index is 781. The lowest BCUT2D eigenvalue weighted by Gasteiger charge is -2.36. The molecule has 1 atom stereocenters. The number of ether oxygens (including phenoxy) is 2. The van der Waals surface area contributed by atoms with Gasteiger partial charge in [-0.25, -0.2) is 0 Å². The highest BCUT2D eigenvalue weighted by molar-refractivity contribution is 5.86. The SMILES string of the molecule is CCOc1ccccc1C(F)(F)C(=O)N1CCOCC1c1noc(C)n1. The van der Waals surface area contributed by atoms with Gasteiger partial charge >= 0.3 is 5.92 Å². The number of hydrogen-bond acceptors (Lipinski definition) is 6. The molecular weight excluding hydrogens is 348 g/mol. The number of amides is 1. The van der Waals surface area contributed by atoms with E-state index in [0.29, 0.717) is 0 Å². The maximum atomic E-state index is 15.0. The van der Waals surface area contributed by atoms with Gasteiger partial charge in [-0.3, -0.25) is 4.79 Å². The fourth-order valence-corrected chi connectivity index (χ4v) is 2.81. The van der Waals surface area contributed by atoms with Gasteiger partial charge in [0.1, 0.15) is 11.8 Å². The molecule has 1 aromatic heterocycles. The van der Waals surface area contributed by atoms with E-state index in [1.165, 1.54) is 18.2 Å². The second kappa shape index (κ2) is 7.36. The molecule has 1 aliphatic rings. The van der Waals surface area contributed by atoms with Crippen LogP contribution in [0.25, 0.3) is 0 Å². The molecule has 26 heavy (non-hydrogen) atoms. The van der Waals surface area contributed by atoms with Crippen LogP contribution in [0.5, 0.6) is 5.75 Å². The normalized spacial score (nSPS) is 18.0. The van der Waals surface area contributed by atoms with Crippen molar-refractivity contribution in [2.75, 3.05) is 26.4 Å². The summed E-state index contributed by atoms with van der Waals surface area (Å²) in [4.78, 5) is 17.8. The van der Waals surface area contributed by atoms with Crippen molar-refractivity contribution in [2.24, 2.45) is 0 Å². The summed E-state index contributed by atoms with van der Waals surface area (Å²) in [5, 5.41) is 3.74. The number of benzene rings is 1. The lowest BCUT2D eigenvalue weighted by molar-refractivity contribution is -0.168. The number of morpholine rings is 1. The predicted octanol–water partition coefficient (Wildman–Crippen LogP) is 2.47. The molecule has 0 spiro atoms. The predicted molar refractivity (Wildman–Crippen MR) is 85.8 cm³/mol. The Morgan fingerprint density at radius 1 is 1.42 bits per heavy atom. The van der Waals surface area contributed by atoms with Crippen LogP contribution in [-0.4, -0.2) is 47.3 Å². The molecule has 1 fully saturated rings. The van der Waals surface area contributed by atoms with Crippen LogP contribution in [0.15, 0.2) is 28.8 Å². The third-order valence-corrected chi connectivity index (χ3v) is 4.02. The zero-order chi connectivity index (χ0) is 18.7. The van der Waals surface area contributed by atoms with E-state index in [4.69, 9.17) is 14.0 Å². The monoisotopic (exact) mass is 367 g/mol. The van der Waals surface area contributed by atoms with Crippen LogP contribution in [-0.2, 0) is 15.5 Å². The second-order valence-corrected chi connectivity index (χ2v) is 5.76. The number of para-hydroxylation sites is 1. The van der Waals surface area contributed by atoms with Crippen LogP contribution in [0.4, 0.5) is 8.78 Å². The summed E-state index contributed by atoms with van der Waals surface area (Å²) in [7, 11) is 0. The molecule has 1 unspecified atom stereocenters. The van der Waals surface area contributed by atoms with E-state index >= 15 is 8.78 Å². The maximum absolute atomic E-state index is 15.0. The molecule has 0 aliphatic carbocycles. The maximum Gasteiger partial charge on any atom is 0.353 e. The smallest absolute Gasteiger partial charge is 0.353 e. The van der Waals surface area contributed by atoms with Gasteiger partial charge in [-0.1, -0.05) is 17.3 Å². The van der Waals surface area contributed by atoms with Crippen molar-refractivity contribution in [3.8, 4) is 5.75 Å². The Kier molecular flexibility index (Phi) is 5.17. The van der Waals surface area contributed by atoms with Crippen LogP contribution in [0, 0.1) is 6.92 Å². The third kappa shape index (κ3) is 3.39. The largest absolute Gasteiger partial charge is 0.493 e. The van der Waals surface area contributed by atoms with Crippen molar-refractivity contribution in [2.45, 2.75) is 25.8 Å². The molecule has 0 bridgehead atoms. The van der Waals surface area contributed by atoms with Gasteiger partial charge in [0.15, 0.2) is 5.82 Å². The quantitative estimate of drug-likeness (QED) is 0.808. The van der Waals surface area contributed by atoms with Crippen molar-refractivity contribution in [3.63, 3.8) is 0 Å². The van der Waals surface area contributed by atoms with Crippen LogP contribution in [0.2, 0.25) is 0 Å². The number of aromatic nitrogens is 2. The molecule has 0 radical (unpaired) electrons. The van der Waals surface area contributed by atoms with E-state index in [-0.39, 0.29) is 43.8 Å². The number of nitrogens with zero attached hydrogens (tertiary/aromatic N) is 3. The molecule has 1 saturated heterocycles. The van der Waals surface area contributed by atoms with Crippen LogP contribution in [0.1, 0.15) is 30.2 Å². The molecule has 2 aromatic rings. The Morgan fingerprint density at radius 2 is 2.19 bits per heavy atom. The molecule has 0 saturated carbocycles. The second-order valence-electron chi connectivity index (χ2n) is 5.76. The zero-order valence-electron chi connectivity index (χ0n) is 14.4. The molecular formula is C17H19F2N3O4. The molecule has 1 aliphatic heterocycles. The summed E-state index contributed by atoms with van der Waals surface area (Å²) in [5.74, 6) is -4.70. The fraction of sp³-hybridized carbons (Fsp3) is 0.471. The van der Waals surface area contributed by atoms with Gasteiger partial charge < -0.3 is 18.9 Å². The molecule has 1 amide bonds. The van der Waals surface area contributed by atoms with Crippen LogP contribution < -0.4 is 4.74 Å². The van der Waals surface area contributed by atoms with Gasteiger partial charge in [0, 0.05) is 13.5 Å². The first-order valence-electron chi connectivity index (χ1n) is 8.24. The van der Waals surface area contributed by atoms with Gasteiger partial charge in [0.05, 0.1) is 25.4 Å². The van der Waals surface area contributed by atoms with Crippen molar-refractivity contribution in [1.29, 1.82) is 0 Å². The van der Waals surface area contributed by atoms with Crippen LogP contribution >= 0.6 is 0 Å². The first-order chi connectivity index (χ1) is 12.4. The van der Waals surface area contributed by atoms with E-state index < -0.39 is 23.4 Å². The lowest BCUT2D eigenvalue weighted by Crippen LogP contribution is -2.49. The number of rotatable bonds is 5. The van der Waals surface area contributed by atoms with Gasteiger partial charge in [0.2, 0.25) is 5.89 Å². The number of alkyl halides is 2. The van der Waals surface area contributed by atoms with E-state index in [1.54, 1.807) is 19.9 Å². The molecule has 0 N–H and O–H groups in total. The summed E-state index contributed by atoms with van der Waals surface area (Å²) < 4.78 is 45.6. The lowest BCUT2D eigenvalue weighted by atomic mass is 10.0. The average molecular weight is 367 g/mol. The van der Waals surface area contributed by atoms with Gasteiger partial charge in [-0.15, -0.1) is 0 Å². The summed E-state index contributed by atoms with van der Waals surface area (Å²) in [6.07, 6.45) is 0. The van der Waals surface area contributed by atoms with Crippen molar-refractivity contribution >= 4 is 5.91 Å². The highest BCUT2D eigenvalue weighted by atomic mass is 19.3. The third-order valence-electron chi connectivity index (χ3n) is 4.02. The van der Waals surface area contributed by atoms with E-state index in [0.717, 1.165) is 4.90 Å². The first kappa shape index (κ1) is 18.2. The van der Waals surface area contributed by atoms with Crippen LogP contribution in [0.3, 0.4) is 0 Å². The van der Waals surface area contributed by atoms with E-state index in [1.807, 2.05) is 0 Å². The number of hydrogen-bond donors (Lipinski definition) is 0. The summed E-state index contributed by atoms with van der Waals surface area (Å²) in [6, 6.07) is 4.79. The molecule has 7 nitrogen and oxygen atoms in total. The summed E-state index contributed by atoms with van der Waals surface area (Å²) >= 11 is 0. The highest BCUT2D eigenvalue weighted by Crippen LogP contribution is 2.38. The zero-order valence-corrected chi connectivity index (χ0v) is 14.4. The van der Waals surface area contributed by atoms with Gasteiger partial charge in [-0.2, -0.15) is 13.8 Å². The number of carbonyl (C=O) groups excluding carboxylic acids is 1. The fourth-order valence-electron chi connectivity index (χ4n) is 2.81. The molecule has 1 aromatic carbocycles. The topological polar surface area (TPSA) is 77.7 Å². The first-order valence-corrected chi connectivity index (χ1v) is 8.24. The Labute approximate surface area is 148 Å². The standard InChI is InChI=1S/C17H19F2N3O4/c1-3-25-14-7-5-4-6-12(14)17(18,19)16(23)22-8-9-24-10-13(22)15-20-11(2)26-21-15/h4-7,13H,3,8-10H2,1-2H3. The van der Waals surface area contributed by atoms with Crippen molar-refractivity contribution in [1.82, 2.24) is 15.0 Å². The Hall–Kier alpha value is -2.55. The Balaban J connectivity index is 1.92. The minimum atomic E-state index is -3.76. The summed E-state index contributed by atoms with van der Waals surface area (Å²) in [5.41, 5.74) is -0.471. The molecule has 2 heterocycles. The Morgan fingerprint density at radius 3 is 2.88 bits per heavy atom. The number of aryl methyl sites for hydroxylation is 1. The molecule has 3 rings (SSSR count). The summed E-state index contributed by atoms with van der Waals surface area (Å²) in [6.45, 7) is 3.66. The van der Waals surface area contributed by atoms with Gasteiger partial charge in [-0.05, 0) is 19.1 Å². The molecule has 9 heteroatoms. The average Bonchev–Trinajstić information content (AvgIpc) is 3.08. The van der Waals surface area contributed by atoms with Crippen molar-refractivity contribution < 1.29 is 27.6 Å². The van der Waals surface area contributed by atoms with Gasteiger partial charge in [0.25, 0.3) is 5.91 Å². The van der Waals surface area contributed by atoms with Crippen molar-refractivity contribution in [3.05, 3.63) is 41.5 Å². The van der Waals surface area contributed by atoms with E-state index in [9.17, 15) is 4.79 Å². The minimum absolute atomic E-state index is 0.00345. The minimum Gasteiger partial charge on any atom is -0.493 e.